The van der Waals surface area contributed by atoms with Crippen molar-refractivity contribution < 1.29 is 19.7 Å². The van der Waals surface area contributed by atoms with Gasteiger partial charge in [-0.15, -0.1) is 0 Å². The number of hydrogen-bond donors (Lipinski definition) is 2. The summed E-state index contributed by atoms with van der Waals surface area (Å²) in [5.74, 6) is -0.142. The Morgan fingerprint density at radius 2 is 1.81 bits per heavy atom. The highest BCUT2D eigenvalue weighted by Crippen LogP contribution is 2.26. The van der Waals surface area contributed by atoms with Crippen molar-refractivity contribution in [1.82, 2.24) is 4.98 Å². The molecule has 0 radical (unpaired) electrons. The van der Waals surface area contributed by atoms with Crippen molar-refractivity contribution in [3.8, 4) is 0 Å². The molecule has 2 unspecified atom stereocenters. The standard InChI is InChI=1S/C31H32ClNO4/c1-36-21-37-20-26(19-34)29-8-3-2-6-23(29)12-16-31(35)25-7-4-5-22(17-25)9-14-28-15-11-24-10-13-27(32)18-30(24)33-28/h2-11,13-15,17-18,26,31,34-35H,12,16,19-21H2,1H3. The highest BCUT2D eigenvalue weighted by Gasteiger charge is 2.16. The van der Waals surface area contributed by atoms with Crippen LogP contribution < -0.4 is 0 Å². The highest BCUT2D eigenvalue weighted by atomic mass is 35.5. The van der Waals surface area contributed by atoms with Gasteiger partial charge in [0.05, 0.1) is 30.5 Å². The third-order valence-corrected chi connectivity index (χ3v) is 6.58. The lowest BCUT2D eigenvalue weighted by atomic mass is 9.91. The van der Waals surface area contributed by atoms with E-state index in [-0.39, 0.29) is 19.3 Å². The molecular formula is C31H32ClNO4. The van der Waals surface area contributed by atoms with Crippen LogP contribution in [0.1, 0.15) is 46.4 Å². The maximum atomic E-state index is 11.0. The Kier molecular flexibility index (Phi) is 9.83. The van der Waals surface area contributed by atoms with Gasteiger partial charge in [0.15, 0.2) is 0 Å². The van der Waals surface area contributed by atoms with Gasteiger partial charge in [-0.2, -0.15) is 0 Å². The summed E-state index contributed by atoms with van der Waals surface area (Å²) in [6.07, 6.45) is 4.59. The van der Waals surface area contributed by atoms with Gasteiger partial charge in [0.2, 0.25) is 0 Å². The Hall–Kier alpha value is -3.06. The number of benzene rings is 3. The lowest BCUT2D eigenvalue weighted by Gasteiger charge is -2.19. The fourth-order valence-electron chi connectivity index (χ4n) is 4.38. The van der Waals surface area contributed by atoms with E-state index in [1.807, 2.05) is 91.0 Å². The summed E-state index contributed by atoms with van der Waals surface area (Å²) in [6, 6.07) is 25.6. The summed E-state index contributed by atoms with van der Waals surface area (Å²) >= 11 is 6.11. The fraction of sp³-hybridized carbons (Fsp3) is 0.258. The predicted molar refractivity (Wildman–Crippen MR) is 150 cm³/mol. The first kappa shape index (κ1) is 27.0. The summed E-state index contributed by atoms with van der Waals surface area (Å²) in [6.45, 7) is 0.543. The van der Waals surface area contributed by atoms with Crippen LogP contribution in [-0.4, -0.2) is 42.3 Å². The van der Waals surface area contributed by atoms with E-state index in [0.717, 1.165) is 38.9 Å². The Morgan fingerprint density at radius 1 is 0.973 bits per heavy atom. The number of nitrogens with zero attached hydrogens (tertiary/aromatic N) is 1. The Bertz CT molecular complexity index is 1340. The van der Waals surface area contributed by atoms with Gasteiger partial charge >= 0.3 is 0 Å². The van der Waals surface area contributed by atoms with E-state index in [9.17, 15) is 10.2 Å². The van der Waals surface area contributed by atoms with Gasteiger partial charge < -0.3 is 19.7 Å². The summed E-state index contributed by atoms with van der Waals surface area (Å²) in [7, 11) is 1.57. The van der Waals surface area contributed by atoms with Crippen LogP contribution in [0.15, 0.2) is 78.9 Å². The number of aromatic nitrogens is 1. The maximum absolute atomic E-state index is 11.0. The van der Waals surface area contributed by atoms with Gasteiger partial charge in [0, 0.05) is 23.4 Å². The number of aliphatic hydroxyl groups excluding tert-OH is 2. The van der Waals surface area contributed by atoms with Crippen molar-refractivity contribution >= 4 is 34.7 Å². The largest absolute Gasteiger partial charge is 0.396 e. The molecule has 5 nitrogen and oxygen atoms in total. The number of halogens is 1. The van der Waals surface area contributed by atoms with Crippen molar-refractivity contribution in [2.24, 2.45) is 0 Å². The van der Waals surface area contributed by atoms with Crippen molar-refractivity contribution in [3.05, 3.63) is 112 Å². The molecular weight excluding hydrogens is 486 g/mol. The molecule has 2 N–H and O–H groups in total. The minimum atomic E-state index is -0.611. The summed E-state index contributed by atoms with van der Waals surface area (Å²) in [5.41, 5.74) is 5.67. The number of methoxy groups -OCH3 is 1. The SMILES string of the molecule is COCOCC(CO)c1ccccc1CCC(O)c1cccc(C=Cc2ccc3ccc(Cl)cc3n2)c1. The zero-order chi connectivity index (χ0) is 26.0. The first-order chi connectivity index (χ1) is 18.1. The molecule has 4 rings (SSSR count). The van der Waals surface area contributed by atoms with Gasteiger partial charge in [-0.1, -0.05) is 72.3 Å². The third kappa shape index (κ3) is 7.48. The van der Waals surface area contributed by atoms with E-state index in [2.05, 4.69) is 4.98 Å². The topological polar surface area (TPSA) is 71.8 Å². The molecule has 0 aliphatic carbocycles. The van der Waals surface area contributed by atoms with Crippen molar-refractivity contribution in [2.45, 2.75) is 24.9 Å². The monoisotopic (exact) mass is 517 g/mol. The van der Waals surface area contributed by atoms with E-state index in [1.54, 1.807) is 7.11 Å². The number of aryl methyl sites for hydroxylation is 1. The zero-order valence-electron chi connectivity index (χ0n) is 20.9. The van der Waals surface area contributed by atoms with Gasteiger partial charge in [-0.05, 0) is 65.4 Å². The van der Waals surface area contributed by atoms with E-state index in [0.29, 0.717) is 24.5 Å². The minimum absolute atomic E-state index is 0.0171. The minimum Gasteiger partial charge on any atom is -0.396 e. The van der Waals surface area contributed by atoms with Crippen LogP contribution in [0.4, 0.5) is 0 Å². The molecule has 0 fully saturated rings. The Labute approximate surface area is 223 Å². The number of pyridine rings is 1. The summed E-state index contributed by atoms with van der Waals surface area (Å²) in [4.78, 5) is 4.67. The van der Waals surface area contributed by atoms with Crippen LogP contribution in [-0.2, 0) is 15.9 Å². The van der Waals surface area contributed by atoms with Crippen LogP contribution >= 0.6 is 11.6 Å². The molecule has 2 atom stereocenters. The number of hydrogen-bond acceptors (Lipinski definition) is 5. The zero-order valence-corrected chi connectivity index (χ0v) is 21.6. The number of ether oxygens (including phenoxy) is 2. The van der Waals surface area contributed by atoms with E-state index >= 15 is 0 Å². The number of aliphatic hydroxyl groups is 2. The van der Waals surface area contributed by atoms with Gasteiger partial charge in [0.1, 0.15) is 6.79 Å². The average Bonchev–Trinajstić information content (AvgIpc) is 2.93. The molecule has 6 heteroatoms. The smallest absolute Gasteiger partial charge is 0.146 e. The Balaban J connectivity index is 1.42. The molecule has 192 valence electrons. The van der Waals surface area contributed by atoms with E-state index in [4.69, 9.17) is 21.1 Å². The molecule has 4 aromatic rings. The van der Waals surface area contributed by atoms with Gasteiger partial charge in [-0.25, -0.2) is 4.98 Å². The van der Waals surface area contributed by atoms with E-state index in [1.165, 1.54) is 0 Å². The first-order valence-electron chi connectivity index (χ1n) is 12.3. The molecule has 0 aliphatic heterocycles. The molecule has 0 bridgehead atoms. The predicted octanol–water partition coefficient (Wildman–Crippen LogP) is 6.42. The second-order valence-electron chi connectivity index (χ2n) is 8.99. The van der Waals surface area contributed by atoms with Crippen LogP contribution in [0.25, 0.3) is 23.1 Å². The average molecular weight is 518 g/mol. The molecule has 3 aromatic carbocycles. The van der Waals surface area contributed by atoms with Gasteiger partial charge in [-0.3, -0.25) is 0 Å². The quantitative estimate of drug-likeness (QED) is 0.167. The van der Waals surface area contributed by atoms with E-state index < -0.39 is 6.10 Å². The second-order valence-corrected chi connectivity index (χ2v) is 9.42. The molecule has 1 heterocycles. The van der Waals surface area contributed by atoms with Gasteiger partial charge in [0.25, 0.3) is 0 Å². The Morgan fingerprint density at radius 3 is 2.65 bits per heavy atom. The van der Waals surface area contributed by atoms with Crippen LogP contribution in [0.5, 0.6) is 0 Å². The van der Waals surface area contributed by atoms with Crippen molar-refractivity contribution in [2.75, 3.05) is 27.1 Å². The molecule has 0 saturated carbocycles. The molecule has 0 spiro atoms. The number of rotatable bonds is 12. The first-order valence-corrected chi connectivity index (χ1v) is 12.7. The van der Waals surface area contributed by atoms with Crippen molar-refractivity contribution in [1.29, 1.82) is 0 Å². The fourth-order valence-corrected chi connectivity index (χ4v) is 4.55. The van der Waals surface area contributed by atoms with Crippen molar-refractivity contribution in [3.63, 3.8) is 0 Å². The summed E-state index contributed by atoms with van der Waals surface area (Å²) in [5, 5.41) is 22.6. The molecule has 37 heavy (non-hydrogen) atoms. The number of fused-ring (bicyclic) bond motifs is 1. The summed E-state index contributed by atoms with van der Waals surface area (Å²) < 4.78 is 10.4. The van der Waals surface area contributed by atoms with Crippen LogP contribution in [0.3, 0.4) is 0 Å². The molecule has 0 saturated heterocycles. The highest BCUT2D eigenvalue weighted by molar-refractivity contribution is 6.31. The second kappa shape index (κ2) is 13.5. The van der Waals surface area contributed by atoms with Crippen LogP contribution in [0.2, 0.25) is 5.02 Å². The maximum Gasteiger partial charge on any atom is 0.146 e. The normalized spacial score (nSPS) is 13.3. The molecule has 0 aliphatic rings. The molecule has 1 aromatic heterocycles. The molecule has 0 amide bonds. The lowest BCUT2D eigenvalue weighted by Crippen LogP contribution is -2.15. The third-order valence-electron chi connectivity index (χ3n) is 6.34. The van der Waals surface area contributed by atoms with Crippen LogP contribution in [0, 0.1) is 0 Å². The lowest BCUT2D eigenvalue weighted by molar-refractivity contribution is -0.0395.